The fraction of sp³-hybridized carbons (Fsp3) is 0.905. The number of hydrogen-bond donors (Lipinski definition) is 3. The predicted octanol–water partition coefficient (Wildman–Crippen LogP) is 2.26. The molecule has 3 amide bonds. The van der Waals surface area contributed by atoms with E-state index >= 15 is 0 Å². The average molecular weight is 397 g/mol. The normalized spacial score (nSPS) is 20.0. The first-order valence-electron chi connectivity index (χ1n) is 11.2. The number of carbonyl (C=O) groups excluding carboxylic acids is 2. The van der Waals surface area contributed by atoms with Gasteiger partial charge in [0.05, 0.1) is 13.2 Å². The molecule has 2 aliphatic rings. The number of nitrogens with zero attached hydrogens (tertiary/aromatic N) is 1. The molecule has 1 heterocycles. The van der Waals surface area contributed by atoms with Gasteiger partial charge in [0, 0.05) is 44.7 Å². The standard InChI is InChI=1S/C21H40N4O3/c1-17(2)15-19(25-11-13-28-14-12-25)16-23-20(26)9-6-10-22-21(27)24-18-7-4-3-5-8-18/h17-19H,3-16H2,1-2H3,(H,23,26)(H2,22,24,27). The number of amides is 3. The summed E-state index contributed by atoms with van der Waals surface area (Å²) >= 11 is 0. The Balaban J connectivity index is 1.57. The molecule has 1 unspecified atom stereocenters. The minimum Gasteiger partial charge on any atom is -0.379 e. The van der Waals surface area contributed by atoms with Gasteiger partial charge in [-0.3, -0.25) is 9.69 Å². The summed E-state index contributed by atoms with van der Waals surface area (Å²) in [5.74, 6) is 0.660. The van der Waals surface area contributed by atoms with Gasteiger partial charge in [-0.05, 0) is 31.6 Å². The number of rotatable bonds is 10. The molecule has 0 aromatic heterocycles. The van der Waals surface area contributed by atoms with Crippen LogP contribution < -0.4 is 16.0 Å². The van der Waals surface area contributed by atoms with E-state index in [1.54, 1.807) is 0 Å². The molecule has 7 heteroatoms. The van der Waals surface area contributed by atoms with Crippen LogP contribution in [0.1, 0.15) is 65.2 Å². The zero-order chi connectivity index (χ0) is 20.2. The largest absolute Gasteiger partial charge is 0.379 e. The van der Waals surface area contributed by atoms with E-state index in [0.29, 0.717) is 43.9 Å². The van der Waals surface area contributed by atoms with E-state index in [9.17, 15) is 9.59 Å². The first kappa shape index (κ1) is 22.9. The van der Waals surface area contributed by atoms with Crippen molar-refractivity contribution in [1.29, 1.82) is 0 Å². The summed E-state index contributed by atoms with van der Waals surface area (Å²) in [6, 6.07) is 0.582. The maximum absolute atomic E-state index is 12.2. The van der Waals surface area contributed by atoms with E-state index in [1.807, 2.05) is 0 Å². The molecule has 2 rings (SSSR count). The van der Waals surface area contributed by atoms with Crippen molar-refractivity contribution in [3.63, 3.8) is 0 Å². The Bertz CT molecular complexity index is 461. The zero-order valence-corrected chi connectivity index (χ0v) is 17.8. The lowest BCUT2D eigenvalue weighted by Gasteiger charge is -2.35. The van der Waals surface area contributed by atoms with Gasteiger partial charge in [-0.15, -0.1) is 0 Å². The van der Waals surface area contributed by atoms with Crippen LogP contribution in [0.25, 0.3) is 0 Å². The van der Waals surface area contributed by atoms with Crippen molar-refractivity contribution < 1.29 is 14.3 Å². The predicted molar refractivity (Wildman–Crippen MR) is 111 cm³/mol. The third kappa shape index (κ3) is 9.24. The molecule has 3 N–H and O–H groups in total. The van der Waals surface area contributed by atoms with E-state index < -0.39 is 0 Å². The molecular formula is C21H40N4O3. The van der Waals surface area contributed by atoms with Crippen molar-refractivity contribution in [2.45, 2.75) is 77.3 Å². The lowest BCUT2D eigenvalue weighted by atomic mass is 9.96. The number of nitrogens with one attached hydrogen (secondary N) is 3. The lowest BCUT2D eigenvalue weighted by Crippen LogP contribution is -2.49. The molecule has 0 aromatic rings. The van der Waals surface area contributed by atoms with Crippen molar-refractivity contribution in [2.24, 2.45) is 5.92 Å². The highest BCUT2D eigenvalue weighted by molar-refractivity contribution is 5.76. The molecule has 2 fully saturated rings. The highest BCUT2D eigenvalue weighted by Crippen LogP contribution is 2.17. The Kier molecular flexibility index (Phi) is 10.6. The van der Waals surface area contributed by atoms with Gasteiger partial charge >= 0.3 is 6.03 Å². The maximum Gasteiger partial charge on any atom is 0.315 e. The van der Waals surface area contributed by atoms with Gasteiger partial charge < -0.3 is 20.7 Å². The summed E-state index contributed by atoms with van der Waals surface area (Å²) in [6.45, 7) is 9.09. The van der Waals surface area contributed by atoms with E-state index in [2.05, 4.69) is 34.7 Å². The minimum absolute atomic E-state index is 0.0662. The Morgan fingerprint density at radius 1 is 1.07 bits per heavy atom. The van der Waals surface area contributed by atoms with E-state index in [-0.39, 0.29) is 11.9 Å². The Morgan fingerprint density at radius 2 is 1.79 bits per heavy atom. The number of hydrogen-bond acceptors (Lipinski definition) is 4. The van der Waals surface area contributed by atoms with Crippen molar-refractivity contribution in [2.75, 3.05) is 39.4 Å². The molecule has 0 bridgehead atoms. The van der Waals surface area contributed by atoms with E-state index in [1.165, 1.54) is 19.3 Å². The topological polar surface area (TPSA) is 82.7 Å². The van der Waals surface area contributed by atoms with Crippen LogP contribution in [0, 0.1) is 5.92 Å². The van der Waals surface area contributed by atoms with Gasteiger partial charge in [0.15, 0.2) is 0 Å². The summed E-state index contributed by atoms with van der Waals surface area (Å²) < 4.78 is 5.44. The number of morpholine rings is 1. The SMILES string of the molecule is CC(C)CC(CNC(=O)CCCNC(=O)NC1CCCCC1)N1CCOCC1. The van der Waals surface area contributed by atoms with Crippen molar-refractivity contribution in [1.82, 2.24) is 20.9 Å². The second kappa shape index (κ2) is 13.0. The maximum atomic E-state index is 12.2. The first-order valence-corrected chi connectivity index (χ1v) is 11.2. The van der Waals surface area contributed by atoms with Gasteiger partial charge in [-0.1, -0.05) is 33.1 Å². The van der Waals surface area contributed by atoms with Gasteiger partial charge in [-0.25, -0.2) is 4.79 Å². The van der Waals surface area contributed by atoms with Crippen LogP contribution in [-0.2, 0) is 9.53 Å². The molecule has 1 atom stereocenters. The molecule has 0 aromatic carbocycles. The smallest absolute Gasteiger partial charge is 0.315 e. The first-order chi connectivity index (χ1) is 13.5. The van der Waals surface area contributed by atoms with Crippen LogP contribution >= 0.6 is 0 Å². The summed E-state index contributed by atoms with van der Waals surface area (Å²) in [4.78, 5) is 26.5. The van der Waals surface area contributed by atoms with Crippen LogP contribution in [0.3, 0.4) is 0 Å². The Morgan fingerprint density at radius 3 is 2.46 bits per heavy atom. The van der Waals surface area contributed by atoms with E-state index in [4.69, 9.17) is 4.74 Å². The summed E-state index contributed by atoms with van der Waals surface area (Å²) in [7, 11) is 0. The highest BCUT2D eigenvalue weighted by Gasteiger charge is 2.22. The summed E-state index contributed by atoms with van der Waals surface area (Å²) in [5.41, 5.74) is 0. The lowest BCUT2D eigenvalue weighted by molar-refractivity contribution is -0.121. The van der Waals surface area contributed by atoms with Crippen LogP contribution in [-0.4, -0.2) is 68.3 Å². The Hall–Kier alpha value is -1.34. The molecule has 0 radical (unpaired) electrons. The second-order valence-electron chi connectivity index (χ2n) is 8.57. The number of carbonyl (C=O) groups is 2. The third-order valence-electron chi connectivity index (χ3n) is 5.65. The molecule has 1 saturated carbocycles. The molecule has 0 spiro atoms. The fourth-order valence-electron chi connectivity index (χ4n) is 4.10. The number of ether oxygens (including phenoxy) is 1. The molecular weight excluding hydrogens is 356 g/mol. The third-order valence-corrected chi connectivity index (χ3v) is 5.65. The average Bonchev–Trinajstić information content (AvgIpc) is 2.69. The molecule has 1 saturated heterocycles. The van der Waals surface area contributed by atoms with Crippen LogP contribution in [0.5, 0.6) is 0 Å². The van der Waals surface area contributed by atoms with Crippen molar-refractivity contribution in [3.05, 3.63) is 0 Å². The van der Waals surface area contributed by atoms with Crippen LogP contribution in [0.2, 0.25) is 0 Å². The molecule has 7 nitrogen and oxygen atoms in total. The van der Waals surface area contributed by atoms with E-state index in [0.717, 1.165) is 45.6 Å². The van der Waals surface area contributed by atoms with Gasteiger partial charge in [0.1, 0.15) is 0 Å². The monoisotopic (exact) mass is 396 g/mol. The Labute approximate surface area is 170 Å². The van der Waals surface area contributed by atoms with Crippen molar-refractivity contribution >= 4 is 11.9 Å². The van der Waals surface area contributed by atoms with Gasteiger partial charge in [-0.2, -0.15) is 0 Å². The fourth-order valence-corrected chi connectivity index (χ4v) is 4.10. The highest BCUT2D eigenvalue weighted by atomic mass is 16.5. The molecule has 1 aliphatic heterocycles. The molecule has 28 heavy (non-hydrogen) atoms. The van der Waals surface area contributed by atoms with Gasteiger partial charge in [0.2, 0.25) is 5.91 Å². The molecule has 1 aliphatic carbocycles. The number of urea groups is 1. The minimum atomic E-state index is -0.100. The quantitative estimate of drug-likeness (QED) is 0.495. The summed E-state index contributed by atoms with van der Waals surface area (Å²) in [6.07, 6.45) is 8.02. The summed E-state index contributed by atoms with van der Waals surface area (Å²) in [5, 5.41) is 9.00. The van der Waals surface area contributed by atoms with Crippen LogP contribution in [0.15, 0.2) is 0 Å². The van der Waals surface area contributed by atoms with Crippen molar-refractivity contribution in [3.8, 4) is 0 Å². The van der Waals surface area contributed by atoms with Crippen LogP contribution in [0.4, 0.5) is 4.79 Å². The zero-order valence-electron chi connectivity index (χ0n) is 17.8. The second-order valence-corrected chi connectivity index (χ2v) is 8.57. The van der Waals surface area contributed by atoms with Gasteiger partial charge in [0.25, 0.3) is 0 Å². The molecule has 162 valence electrons.